The zero-order valence-electron chi connectivity index (χ0n) is 12.2. The van der Waals surface area contributed by atoms with Crippen molar-refractivity contribution in [1.82, 2.24) is 19.9 Å². The van der Waals surface area contributed by atoms with Crippen LogP contribution in [-0.4, -0.2) is 40.5 Å². The molecule has 0 N–H and O–H groups in total. The van der Waals surface area contributed by atoms with Gasteiger partial charge in [-0.2, -0.15) is 0 Å². The Morgan fingerprint density at radius 1 is 1.16 bits per heavy atom. The third-order valence-electron chi connectivity index (χ3n) is 3.19. The molecule has 1 heterocycles. The summed E-state index contributed by atoms with van der Waals surface area (Å²) in [5.74, 6) is 0.560. The van der Waals surface area contributed by atoms with Gasteiger partial charge in [0, 0.05) is 12.1 Å². The third kappa shape index (κ3) is 3.64. The number of likely N-dealkylation sites (N-methyl/N-ethyl adjacent to an activating group) is 1. The highest BCUT2D eigenvalue weighted by molar-refractivity contribution is 5.58. The van der Waals surface area contributed by atoms with Gasteiger partial charge in [0.1, 0.15) is 5.69 Å². The molecule has 102 valence electrons. The van der Waals surface area contributed by atoms with Gasteiger partial charge in [0.25, 0.3) is 0 Å². The van der Waals surface area contributed by atoms with Gasteiger partial charge in [0.05, 0.1) is 12.7 Å². The highest BCUT2D eigenvalue weighted by Crippen LogP contribution is 2.20. The fourth-order valence-electron chi connectivity index (χ4n) is 1.88. The Bertz CT molecular complexity index is 511. The van der Waals surface area contributed by atoms with Crippen molar-refractivity contribution in [2.75, 3.05) is 20.6 Å². The first kappa shape index (κ1) is 13.7. The fraction of sp³-hybridized carbons (Fsp3) is 0.467. The van der Waals surface area contributed by atoms with Crippen LogP contribution in [0.15, 0.2) is 30.5 Å². The number of nitrogens with zero attached hydrogens (tertiary/aromatic N) is 4. The summed E-state index contributed by atoms with van der Waals surface area (Å²) in [5.41, 5.74) is 3.42. The first-order chi connectivity index (χ1) is 9.06. The molecular weight excluding hydrogens is 236 g/mol. The SMILES string of the molecule is CC(C)c1ccc(-c2cn(CCN(C)C)nn2)cc1. The van der Waals surface area contributed by atoms with Crippen molar-refractivity contribution >= 4 is 0 Å². The van der Waals surface area contributed by atoms with E-state index in [4.69, 9.17) is 0 Å². The summed E-state index contributed by atoms with van der Waals surface area (Å²) in [6, 6.07) is 8.57. The molecule has 0 amide bonds. The maximum absolute atomic E-state index is 4.23. The standard InChI is InChI=1S/C15H22N4/c1-12(2)13-5-7-14(8-6-13)15-11-19(17-16-15)10-9-18(3)4/h5-8,11-12H,9-10H2,1-4H3. The average Bonchev–Trinajstić information content (AvgIpc) is 2.85. The second-order valence-electron chi connectivity index (χ2n) is 5.45. The van der Waals surface area contributed by atoms with Gasteiger partial charge in [-0.3, -0.25) is 4.68 Å². The van der Waals surface area contributed by atoms with Crippen molar-refractivity contribution in [3.63, 3.8) is 0 Å². The van der Waals surface area contributed by atoms with Crippen LogP contribution in [0.4, 0.5) is 0 Å². The van der Waals surface area contributed by atoms with Gasteiger partial charge in [0.2, 0.25) is 0 Å². The predicted octanol–water partition coefficient (Wildman–Crippen LogP) is 2.63. The van der Waals surface area contributed by atoms with E-state index in [0.717, 1.165) is 24.3 Å². The molecule has 0 fully saturated rings. The third-order valence-corrected chi connectivity index (χ3v) is 3.19. The highest BCUT2D eigenvalue weighted by atomic mass is 15.4. The number of hydrogen-bond donors (Lipinski definition) is 0. The number of benzene rings is 1. The molecule has 2 rings (SSSR count). The lowest BCUT2D eigenvalue weighted by molar-refractivity contribution is 0.370. The molecule has 0 aliphatic heterocycles. The average molecular weight is 258 g/mol. The van der Waals surface area contributed by atoms with Crippen LogP contribution < -0.4 is 0 Å². The second-order valence-corrected chi connectivity index (χ2v) is 5.45. The Morgan fingerprint density at radius 3 is 2.42 bits per heavy atom. The lowest BCUT2D eigenvalue weighted by Crippen LogP contribution is -2.18. The van der Waals surface area contributed by atoms with Gasteiger partial charge in [-0.15, -0.1) is 5.10 Å². The summed E-state index contributed by atoms with van der Waals surface area (Å²) in [4.78, 5) is 2.14. The molecule has 19 heavy (non-hydrogen) atoms. The topological polar surface area (TPSA) is 34.0 Å². The Hall–Kier alpha value is -1.68. The van der Waals surface area contributed by atoms with Gasteiger partial charge < -0.3 is 4.90 Å². The van der Waals surface area contributed by atoms with E-state index in [9.17, 15) is 0 Å². The largest absolute Gasteiger partial charge is 0.308 e. The van der Waals surface area contributed by atoms with Crippen molar-refractivity contribution in [3.05, 3.63) is 36.0 Å². The highest BCUT2D eigenvalue weighted by Gasteiger charge is 2.05. The molecule has 0 bridgehead atoms. The molecule has 0 saturated carbocycles. The minimum atomic E-state index is 0.560. The van der Waals surface area contributed by atoms with Gasteiger partial charge in [-0.25, -0.2) is 0 Å². The molecule has 1 aromatic heterocycles. The first-order valence-corrected chi connectivity index (χ1v) is 6.71. The quantitative estimate of drug-likeness (QED) is 0.826. The molecule has 0 spiro atoms. The molecular formula is C15H22N4. The molecule has 0 saturated heterocycles. The Morgan fingerprint density at radius 2 is 1.84 bits per heavy atom. The van der Waals surface area contributed by atoms with Crippen molar-refractivity contribution in [2.45, 2.75) is 26.3 Å². The van der Waals surface area contributed by atoms with E-state index in [2.05, 4.69) is 67.4 Å². The van der Waals surface area contributed by atoms with Gasteiger partial charge in [0.15, 0.2) is 0 Å². The van der Waals surface area contributed by atoms with Crippen LogP contribution in [0, 0.1) is 0 Å². The van der Waals surface area contributed by atoms with Gasteiger partial charge in [-0.1, -0.05) is 43.3 Å². The molecule has 0 radical (unpaired) electrons. The normalized spacial score (nSPS) is 11.5. The lowest BCUT2D eigenvalue weighted by atomic mass is 10.0. The molecule has 0 atom stereocenters. The van der Waals surface area contributed by atoms with E-state index in [1.54, 1.807) is 0 Å². The zero-order valence-corrected chi connectivity index (χ0v) is 12.2. The maximum Gasteiger partial charge on any atom is 0.113 e. The van der Waals surface area contributed by atoms with Crippen LogP contribution in [0.1, 0.15) is 25.3 Å². The Kier molecular flexibility index (Phi) is 4.32. The Balaban J connectivity index is 2.09. The predicted molar refractivity (Wildman–Crippen MR) is 78.1 cm³/mol. The number of hydrogen-bond acceptors (Lipinski definition) is 3. The van der Waals surface area contributed by atoms with Crippen LogP contribution in [0.25, 0.3) is 11.3 Å². The van der Waals surface area contributed by atoms with Crippen LogP contribution in [0.5, 0.6) is 0 Å². The van der Waals surface area contributed by atoms with Crippen LogP contribution in [-0.2, 0) is 6.54 Å². The summed E-state index contributed by atoms with van der Waals surface area (Å²) in [6.45, 7) is 6.23. The molecule has 4 nitrogen and oxygen atoms in total. The lowest BCUT2D eigenvalue weighted by Gasteiger charge is -2.07. The van der Waals surface area contributed by atoms with E-state index in [1.165, 1.54) is 5.56 Å². The minimum absolute atomic E-state index is 0.560. The van der Waals surface area contributed by atoms with E-state index in [1.807, 2.05) is 10.9 Å². The molecule has 0 aliphatic carbocycles. The maximum atomic E-state index is 4.23. The van der Waals surface area contributed by atoms with Crippen LogP contribution in [0.3, 0.4) is 0 Å². The monoisotopic (exact) mass is 258 g/mol. The molecule has 0 unspecified atom stereocenters. The van der Waals surface area contributed by atoms with E-state index >= 15 is 0 Å². The van der Waals surface area contributed by atoms with Crippen LogP contribution in [0.2, 0.25) is 0 Å². The van der Waals surface area contributed by atoms with E-state index < -0.39 is 0 Å². The molecule has 4 heteroatoms. The van der Waals surface area contributed by atoms with Crippen molar-refractivity contribution in [3.8, 4) is 11.3 Å². The van der Waals surface area contributed by atoms with Crippen LogP contribution >= 0.6 is 0 Å². The fourth-order valence-corrected chi connectivity index (χ4v) is 1.88. The zero-order chi connectivity index (χ0) is 13.8. The van der Waals surface area contributed by atoms with Crippen molar-refractivity contribution in [1.29, 1.82) is 0 Å². The van der Waals surface area contributed by atoms with E-state index in [-0.39, 0.29) is 0 Å². The summed E-state index contributed by atoms with van der Waals surface area (Å²) >= 11 is 0. The summed E-state index contributed by atoms with van der Waals surface area (Å²) in [5, 5.41) is 8.40. The summed E-state index contributed by atoms with van der Waals surface area (Å²) < 4.78 is 1.89. The van der Waals surface area contributed by atoms with Gasteiger partial charge in [-0.05, 0) is 25.6 Å². The van der Waals surface area contributed by atoms with Crippen molar-refractivity contribution in [2.24, 2.45) is 0 Å². The van der Waals surface area contributed by atoms with Gasteiger partial charge >= 0.3 is 0 Å². The Labute approximate surface area is 115 Å². The van der Waals surface area contributed by atoms with E-state index in [0.29, 0.717) is 5.92 Å². The number of aromatic nitrogens is 3. The molecule has 2 aromatic rings. The molecule has 1 aromatic carbocycles. The van der Waals surface area contributed by atoms with Crippen molar-refractivity contribution < 1.29 is 0 Å². The first-order valence-electron chi connectivity index (χ1n) is 6.71. The second kappa shape index (κ2) is 5.97. The molecule has 0 aliphatic rings. The summed E-state index contributed by atoms with van der Waals surface area (Å²) in [7, 11) is 4.12. The summed E-state index contributed by atoms with van der Waals surface area (Å²) in [6.07, 6.45) is 2.01. The number of rotatable bonds is 5. The smallest absolute Gasteiger partial charge is 0.113 e. The minimum Gasteiger partial charge on any atom is -0.308 e.